The summed E-state index contributed by atoms with van der Waals surface area (Å²) in [5, 5.41) is 10.8. The number of hydrogen-bond donors (Lipinski definition) is 0. The number of rotatable bonds is 6. The Morgan fingerprint density at radius 1 is 0.875 bits per heavy atom. The SMILES string of the molecule is C=NN(OC)C1CCC(N(N=C)OC)CC1. The number of nitrogens with zero attached hydrogens (tertiary/aromatic N) is 4. The lowest BCUT2D eigenvalue weighted by Gasteiger charge is -2.35. The molecule has 1 saturated carbocycles. The second-order valence-corrected chi connectivity index (χ2v) is 3.72. The van der Waals surface area contributed by atoms with Gasteiger partial charge in [-0.3, -0.25) is 9.68 Å². The minimum absolute atomic E-state index is 0.294. The molecule has 0 atom stereocenters. The molecule has 92 valence electrons. The molecule has 0 aromatic carbocycles. The van der Waals surface area contributed by atoms with Crippen LogP contribution in [-0.4, -0.2) is 50.1 Å². The van der Waals surface area contributed by atoms with E-state index in [-0.39, 0.29) is 0 Å². The van der Waals surface area contributed by atoms with E-state index in [1.54, 1.807) is 24.6 Å². The first-order chi connectivity index (χ1) is 7.76. The Morgan fingerprint density at radius 2 is 1.19 bits per heavy atom. The third-order valence-corrected chi connectivity index (χ3v) is 2.94. The highest BCUT2D eigenvalue weighted by Crippen LogP contribution is 2.26. The number of hydroxylamine groups is 2. The maximum absolute atomic E-state index is 5.11. The zero-order valence-corrected chi connectivity index (χ0v) is 10.0. The molecule has 1 aliphatic rings. The van der Waals surface area contributed by atoms with E-state index in [0.29, 0.717) is 12.1 Å². The molecule has 0 bridgehead atoms. The van der Waals surface area contributed by atoms with Gasteiger partial charge >= 0.3 is 0 Å². The molecule has 0 saturated heterocycles. The molecule has 1 aliphatic carbocycles. The van der Waals surface area contributed by atoms with Gasteiger partial charge in [-0.05, 0) is 25.7 Å². The molecule has 0 aromatic rings. The fraction of sp³-hybridized carbons (Fsp3) is 0.800. The van der Waals surface area contributed by atoms with Crippen LogP contribution in [0.2, 0.25) is 0 Å². The molecule has 0 aromatic heterocycles. The van der Waals surface area contributed by atoms with Crippen LogP contribution < -0.4 is 0 Å². The van der Waals surface area contributed by atoms with E-state index in [0.717, 1.165) is 25.7 Å². The Kier molecular flexibility index (Phi) is 5.21. The lowest BCUT2D eigenvalue weighted by atomic mass is 9.92. The highest BCUT2D eigenvalue weighted by molar-refractivity contribution is 5.22. The predicted octanol–water partition coefficient (Wildman–Crippen LogP) is 1.26. The van der Waals surface area contributed by atoms with Crippen molar-refractivity contribution in [2.24, 2.45) is 10.2 Å². The average molecular weight is 228 g/mol. The monoisotopic (exact) mass is 228 g/mol. The van der Waals surface area contributed by atoms with E-state index < -0.39 is 0 Å². The van der Waals surface area contributed by atoms with Crippen LogP contribution in [0.25, 0.3) is 0 Å². The van der Waals surface area contributed by atoms with Gasteiger partial charge in [0.2, 0.25) is 0 Å². The lowest BCUT2D eigenvalue weighted by Crippen LogP contribution is -2.40. The van der Waals surface area contributed by atoms with Crippen LogP contribution in [-0.2, 0) is 9.68 Å². The van der Waals surface area contributed by atoms with Crippen LogP contribution in [0, 0.1) is 0 Å². The summed E-state index contributed by atoms with van der Waals surface area (Å²) in [5.41, 5.74) is 0. The van der Waals surface area contributed by atoms with Crippen molar-refractivity contribution >= 4 is 13.4 Å². The Bertz CT molecular complexity index is 205. The van der Waals surface area contributed by atoms with Crippen molar-refractivity contribution in [2.75, 3.05) is 14.2 Å². The summed E-state index contributed by atoms with van der Waals surface area (Å²) in [5.74, 6) is 0. The molecule has 0 radical (unpaired) electrons. The topological polar surface area (TPSA) is 49.7 Å². The molecule has 6 heteroatoms. The van der Waals surface area contributed by atoms with Crippen LogP contribution in [0.1, 0.15) is 25.7 Å². The van der Waals surface area contributed by atoms with Gasteiger partial charge in [-0.1, -0.05) is 0 Å². The van der Waals surface area contributed by atoms with Gasteiger partial charge in [0.05, 0.1) is 26.3 Å². The first-order valence-corrected chi connectivity index (χ1v) is 5.36. The lowest BCUT2D eigenvalue weighted by molar-refractivity contribution is -0.193. The third kappa shape index (κ3) is 2.93. The Hall–Kier alpha value is -1.14. The minimum atomic E-state index is 0.294. The van der Waals surface area contributed by atoms with Crippen molar-refractivity contribution < 1.29 is 9.68 Å². The molecule has 0 aliphatic heterocycles. The molecular weight excluding hydrogens is 208 g/mol. The summed E-state index contributed by atoms with van der Waals surface area (Å²) < 4.78 is 0. The summed E-state index contributed by atoms with van der Waals surface area (Å²) in [4.78, 5) is 10.2. The Labute approximate surface area is 96.4 Å². The van der Waals surface area contributed by atoms with E-state index in [1.165, 1.54) is 0 Å². The molecule has 1 rings (SSSR count). The molecular formula is C10H20N4O2. The van der Waals surface area contributed by atoms with Crippen molar-refractivity contribution in [1.29, 1.82) is 0 Å². The molecule has 1 fully saturated rings. The maximum atomic E-state index is 5.11. The first kappa shape index (κ1) is 12.9. The second kappa shape index (κ2) is 6.44. The van der Waals surface area contributed by atoms with E-state index >= 15 is 0 Å². The van der Waals surface area contributed by atoms with Gasteiger partial charge in [-0.25, -0.2) is 0 Å². The van der Waals surface area contributed by atoms with Crippen LogP contribution in [0.5, 0.6) is 0 Å². The van der Waals surface area contributed by atoms with Gasteiger partial charge in [0.1, 0.15) is 0 Å². The van der Waals surface area contributed by atoms with Gasteiger partial charge in [-0.15, -0.1) is 0 Å². The van der Waals surface area contributed by atoms with Gasteiger partial charge in [-0.2, -0.15) is 20.5 Å². The van der Waals surface area contributed by atoms with Crippen LogP contribution in [0.3, 0.4) is 0 Å². The third-order valence-electron chi connectivity index (χ3n) is 2.94. The quantitative estimate of drug-likeness (QED) is 0.507. The Morgan fingerprint density at radius 3 is 1.38 bits per heavy atom. The normalized spacial score (nSPS) is 24.9. The zero-order valence-electron chi connectivity index (χ0n) is 10.0. The minimum Gasteiger partial charge on any atom is -0.260 e. The van der Waals surface area contributed by atoms with Crippen molar-refractivity contribution in [1.82, 2.24) is 10.3 Å². The van der Waals surface area contributed by atoms with Crippen LogP contribution in [0.15, 0.2) is 10.2 Å². The highest BCUT2D eigenvalue weighted by atomic mass is 16.7. The van der Waals surface area contributed by atoms with Crippen LogP contribution in [0.4, 0.5) is 0 Å². The van der Waals surface area contributed by atoms with E-state index in [9.17, 15) is 0 Å². The Balaban J connectivity index is 2.44. The molecule has 0 unspecified atom stereocenters. The molecule has 16 heavy (non-hydrogen) atoms. The highest BCUT2D eigenvalue weighted by Gasteiger charge is 2.28. The number of hydrogen-bond acceptors (Lipinski definition) is 6. The second-order valence-electron chi connectivity index (χ2n) is 3.72. The van der Waals surface area contributed by atoms with Crippen molar-refractivity contribution in [3.63, 3.8) is 0 Å². The summed E-state index contributed by atoms with van der Waals surface area (Å²) >= 11 is 0. The summed E-state index contributed by atoms with van der Waals surface area (Å²) in [6.07, 6.45) is 3.92. The van der Waals surface area contributed by atoms with Crippen molar-refractivity contribution in [3.8, 4) is 0 Å². The maximum Gasteiger partial charge on any atom is 0.0758 e. The average Bonchev–Trinajstić information content (AvgIpc) is 2.34. The van der Waals surface area contributed by atoms with Crippen molar-refractivity contribution in [3.05, 3.63) is 0 Å². The molecule has 0 heterocycles. The van der Waals surface area contributed by atoms with Gasteiger partial charge in [0, 0.05) is 13.4 Å². The zero-order chi connectivity index (χ0) is 12.0. The van der Waals surface area contributed by atoms with Crippen LogP contribution >= 0.6 is 0 Å². The standard InChI is InChI=1S/C10H20N4O2/c1-11-13(15-3)9-5-7-10(8-6-9)14(12-2)16-4/h9-10H,1-2,5-8H2,3-4H3. The molecule has 0 spiro atoms. The molecule has 0 amide bonds. The van der Waals surface area contributed by atoms with Crippen molar-refractivity contribution in [2.45, 2.75) is 37.8 Å². The summed E-state index contributed by atoms with van der Waals surface area (Å²) in [6, 6.07) is 0.588. The molecule has 6 nitrogen and oxygen atoms in total. The fourth-order valence-corrected chi connectivity index (χ4v) is 2.14. The first-order valence-electron chi connectivity index (χ1n) is 5.36. The van der Waals surface area contributed by atoms with E-state index in [1.807, 2.05) is 0 Å². The van der Waals surface area contributed by atoms with Gasteiger partial charge in [0.15, 0.2) is 0 Å². The fourth-order valence-electron chi connectivity index (χ4n) is 2.14. The predicted molar refractivity (Wildman–Crippen MR) is 62.8 cm³/mol. The van der Waals surface area contributed by atoms with Gasteiger partial charge < -0.3 is 0 Å². The smallest absolute Gasteiger partial charge is 0.0758 e. The van der Waals surface area contributed by atoms with E-state index in [4.69, 9.17) is 9.68 Å². The summed E-state index contributed by atoms with van der Waals surface area (Å²) in [6.45, 7) is 6.96. The number of hydrazone groups is 2. The summed E-state index contributed by atoms with van der Waals surface area (Å²) in [7, 11) is 3.21. The van der Waals surface area contributed by atoms with E-state index in [2.05, 4.69) is 23.6 Å². The largest absolute Gasteiger partial charge is 0.260 e. The molecule has 0 N–H and O–H groups in total. The van der Waals surface area contributed by atoms with Gasteiger partial charge in [0.25, 0.3) is 0 Å².